The normalized spacial score (nSPS) is 23.9. The van der Waals surface area contributed by atoms with Crippen LogP contribution in [-0.2, 0) is 19.3 Å². The summed E-state index contributed by atoms with van der Waals surface area (Å²) in [6.45, 7) is 5.29. The first-order chi connectivity index (χ1) is 14.7. The van der Waals surface area contributed by atoms with Gasteiger partial charge in [0.2, 0.25) is 0 Å². The fourth-order valence-corrected chi connectivity index (χ4v) is 4.65. The lowest BCUT2D eigenvalue weighted by molar-refractivity contribution is -0.0658. The van der Waals surface area contributed by atoms with Crippen molar-refractivity contribution in [2.75, 3.05) is 19.3 Å². The van der Waals surface area contributed by atoms with E-state index in [1.165, 1.54) is 6.26 Å². The van der Waals surface area contributed by atoms with Crippen LogP contribution in [0.2, 0.25) is 0 Å². The molecule has 0 N–H and O–H groups in total. The number of ether oxygens (including phenoxy) is 3. The molecule has 1 saturated heterocycles. The van der Waals surface area contributed by atoms with Crippen molar-refractivity contribution < 1.29 is 27.4 Å². The van der Waals surface area contributed by atoms with E-state index in [0.29, 0.717) is 23.7 Å². The summed E-state index contributed by atoms with van der Waals surface area (Å²) in [4.78, 5) is 14.2. The van der Waals surface area contributed by atoms with Crippen molar-refractivity contribution in [1.82, 2.24) is 4.90 Å². The Morgan fingerprint density at radius 3 is 2.10 bits per heavy atom. The summed E-state index contributed by atoms with van der Waals surface area (Å²) in [5.74, 6) is 0.702. The molecule has 1 heterocycles. The van der Waals surface area contributed by atoms with Crippen molar-refractivity contribution in [3.63, 3.8) is 0 Å². The number of amides is 1. The van der Waals surface area contributed by atoms with E-state index in [-0.39, 0.29) is 30.5 Å². The first-order valence-electron chi connectivity index (χ1n) is 11.3. The van der Waals surface area contributed by atoms with Crippen LogP contribution in [0.1, 0.15) is 58.8 Å². The number of rotatable bonds is 7. The maximum atomic E-state index is 12.1. The van der Waals surface area contributed by atoms with E-state index < -0.39 is 9.84 Å². The molecule has 1 saturated carbocycles. The predicted octanol–water partition coefficient (Wildman–Crippen LogP) is 4.20. The van der Waals surface area contributed by atoms with Gasteiger partial charge in [-0.05, 0) is 76.1 Å². The molecule has 1 aliphatic heterocycles. The second-order valence-electron chi connectivity index (χ2n) is 8.69. The maximum absolute atomic E-state index is 12.1. The zero-order chi connectivity index (χ0) is 22.4. The van der Waals surface area contributed by atoms with Crippen LogP contribution in [0, 0.1) is 0 Å². The number of carbonyl (C=O) groups excluding carboxylic acids is 1. The molecule has 1 atom stereocenters. The highest BCUT2D eigenvalue weighted by atomic mass is 32.2. The quantitative estimate of drug-likeness (QED) is 0.615. The van der Waals surface area contributed by atoms with Crippen molar-refractivity contribution in [1.29, 1.82) is 0 Å². The molecule has 0 spiro atoms. The van der Waals surface area contributed by atoms with Gasteiger partial charge in [-0.1, -0.05) is 6.92 Å². The summed E-state index contributed by atoms with van der Waals surface area (Å²) >= 11 is 0. The molecular weight excluding hydrogens is 418 g/mol. The van der Waals surface area contributed by atoms with Gasteiger partial charge in [0.25, 0.3) is 0 Å². The van der Waals surface area contributed by atoms with Crippen molar-refractivity contribution >= 4 is 15.9 Å². The first-order valence-corrected chi connectivity index (χ1v) is 13.2. The number of likely N-dealkylation sites (tertiary alicyclic amines) is 1. The molecular formula is C23H35NO6S. The number of piperidine rings is 1. The van der Waals surface area contributed by atoms with Gasteiger partial charge in [0.1, 0.15) is 11.9 Å². The number of hydrogen-bond acceptors (Lipinski definition) is 6. The Balaban J connectivity index is 1.37. The second-order valence-corrected chi connectivity index (χ2v) is 10.7. The highest BCUT2D eigenvalue weighted by molar-refractivity contribution is 7.90. The van der Waals surface area contributed by atoms with Crippen LogP contribution in [0.25, 0.3) is 0 Å². The number of hydrogen-bond donors (Lipinski definition) is 0. The number of sulfone groups is 1. The second kappa shape index (κ2) is 10.7. The summed E-state index contributed by atoms with van der Waals surface area (Å²) in [6, 6.07) is 6.62. The molecule has 7 nitrogen and oxygen atoms in total. The van der Waals surface area contributed by atoms with Crippen molar-refractivity contribution in [3.05, 3.63) is 24.3 Å². The van der Waals surface area contributed by atoms with E-state index in [4.69, 9.17) is 14.2 Å². The van der Waals surface area contributed by atoms with Crippen LogP contribution in [0.3, 0.4) is 0 Å². The van der Waals surface area contributed by atoms with Crippen LogP contribution in [0.5, 0.6) is 5.75 Å². The molecule has 1 amide bonds. The van der Waals surface area contributed by atoms with E-state index in [9.17, 15) is 13.2 Å². The van der Waals surface area contributed by atoms with E-state index in [1.54, 1.807) is 29.2 Å². The van der Waals surface area contributed by atoms with E-state index in [2.05, 4.69) is 0 Å². The standard InChI is InChI=1S/C23H35NO6S/c1-4-17(2)28-23(25)24-15-13-21(14-16-24)30-19-7-5-18(6-8-19)29-20-9-11-22(12-10-20)31(3,26)27/h9-12,17-19,21H,4-8,13-16H2,1-3H3/t17-,18-,19-/m0/s1. The Bertz CT molecular complexity index is 809. The van der Waals surface area contributed by atoms with Gasteiger partial charge in [-0.25, -0.2) is 13.2 Å². The van der Waals surface area contributed by atoms with Gasteiger partial charge in [-0.2, -0.15) is 0 Å². The summed E-state index contributed by atoms with van der Waals surface area (Å²) in [5.41, 5.74) is 0. The smallest absolute Gasteiger partial charge is 0.410 e. The molecule has 174 valence electrons. The molecule has 1 aromatic rings. The molecule has 1 aromatic carbocycles. The minimum Gasteiger partial charge on any atom is -0.490 e. The summed E-state index contributed by atoms with van der Waals surface area (Å²) in [7, 11) is -3.19. The van der Waals surface area contributed by atoms with Gasteiger partial charge >= 0.3 is 6.09 Å². The van der Waals surface area contributed by atoms with Gasteiger partial charge in [-0.15, -0.1) is 0 Å². The lowest BCUT2D eigenvalue weighted by atomic mass is 9.94. The highest BCUT2D eigenvalue weighted by Crippen LogP contribution is 2.28. The lowest BCUT2D eigenvalue weighted by Gasteiger charge is -2.36. The van der Waals surface area contributed by atoms with Gasteiger partial charge in [0, 0.05) is 19.3 Å². The van der Waals surface area contributed by atoms with Crippen LogP contribution in [0.15, 0.2) is 29.2 Å². The summed E-state index contributed by atoms with van der Waals surface area (Å²) in [5, 5.41) is 0. The van der Waals surface area contributed by atoms with E-state index >= 15 is 0 Å². The van der Waals surface area contributed by atoms with Crippen molar-refractivity contribution in [2.45, 2.75) is 88.1 Å². The Labute approximate surface area is 186 Å². The Kier molecular flexibility index (Phi) is 8.22. The van der Waals surface area contributed by atoms with Crippen molar-refractivity contribution in [2.24, 2.45) is 0 Å². The fourth-order valence-electron chi connectivity index (χ4n) is 4.02. The lowest BCUT2D eigenvalue weighted by Crippen LogP contribution is -2.43. The van der Waals surface area contributed by atoms with E-state index in [0.717, 1.165) is 44.9 Å². The summed E-state index contributed by atoms with van der Waals surface area (Å²) < 4.78 is 40.9. The zero-order valence-corrected chi connectivity index (χ0v) is 19.6. The number of benzene rings is 1. The number of carbonyl (C=O) groups is 1. The van der Waals surface area contributed by atoms with Crippen molar-refractivity contribution in [3.8, 4) is 5.75 Å². The zero-order valence-electron chi connectivity index (χ0n) is 18.8. The average molecular weight is 454 g/mol. The SMILES string of the molecule is CC[C@H](C)OC(=O)N1CCC(O[C@H]2CC[C@H](Oc3ccc(S(C)(=O)=O)cc3)CC2)CC1. The third-order valence-corrected chi connectivity index (χ3v) is 7.27. The Morgan fingerprint density at radius 1 is 1.00 bits per heavy atom. The van der Waals surface area contributed by atoms with Crippen LogP contribution < -0.4 is 4.74 Å². The monoisotopic (exact) mass is 453 g/mol. The Hall–Kier alpha value is -1.80. The topological polar surface area (TPSA) is 82.1 Å². The molecule has 31 heavy (non-hydrogen) atoms. The average Bonchev–Trinajstić information content (AvgIpc) is 2.75. The summed E-state index contributed by atoms with van der Waals surface area (Å²) in [6.07, 6.45) is 7.73. The first kappa shape index (κ1) is 23.9. The minimum absolute atomic E-state index is 0.0449. The molecule has 0 bridgehead atoms. The number of nitrogens with zero attached hydrogens (tertiary/aromatic N) is 1. The molecule has 0 aromatic heterocycles. The third-order valence-electron chi connectivity index (χ3n) is 6.14. The van der Waals surface area contributed by atoms with Crippen LogP contribution in [0.4, 0.5) is 4.79 Å². The van der Waals surface area contributed by atoms with Crippen LogP contribution in [-0.4, -0.2) is 63.2 Å². The molecule has 1 aliphatic carbocycles. The Morgan fingerprint density at radius 2 is 1.55 bits per heavy atom. The molecule has 8 heteroatoms. The third kappa shape index (κ3) is 7.10. The maximum Gasteiger partial charge on any atom is 0.410 e. The highest BCUT2D eigenvalue weighted by Gasteiger charge is 2.29. The van der Waals surface area contributed by atoms with E-state index in [1.807, 2.05) is 13.8 Å². The van der Waals surface area contributed by atoms with Gasteiger partial charge in [0.15, 0.2) is 9.84 Å². The molecule has 2 fully saturated rings. The van der Waals surface area contributed by atoms with Crippen LogP contribution >= 0.6 is 0 Å². The van der Waals surface area contributed by atoms with Gasteiger partial charge < -0.3 is 19.1 Å². The van der Waals surface area contributed by atoms with Gasteiger partial charge in [0.05, 0.1) is 23.2 Å². The minimum atomic E-state index is -3.19. The molecule has 0 unspecified atom stereocenters. The predicted molar refractivity (Wildman–Crippen MR) is 118 cm³/mol. The largest absolute Gasteiger partial charge is 0.490 e. The molecule has 0 radical (unpaired) electrons. The van der Waals surface area contributed by atoms with Gasteiger partial charge in [-0.3, -0.25) is 0 Å². The molecule has 3 rings (SSSR count). The fraction of sp³-hybridized carbons (Fsp3) is 0.696. The molecule has 2 aliphatic rings.